The van der Waals surface area contributed by atoms with E-state index < -0.39 is 0 Å². The first-order valence-corrected chi connectivity index (χ1v) is 11.1. The molecule has 1 aromatic carbocycles. The number of aromatic amines is 1. The molecule has 2 aliphatic rings. The number of nitrogens with zero attached hydrogens (tertiary/aromatic N) is 2. The summed E-state index contributed by atoms with van der Waals surface area (Å²) in [6.45, 7) is 1.62. The van der Waals surface area contributed by atoms with Crippen LogP contribution in [0.4, 0.5) is 5.82 Å². The Morgan fingerprint density at radius 2 is 1.86 bits per heavy atom. The van der Waals surface area contributed by atoms with Gasteiger partial charge in [0.15, 0.2) is 0 Å². The molecule has 0 radical (unpaired) electrons. The largest absolute Gasteiger partial charge is 0.346 e. The number of hydrogen-bond donors (Lipinski definition) is 2. The van der Waals surface area contributed by atoms with Crippen LogP contribution in [-0.4, -0.2) is 51.3 Å². The van der Waals surface area contributed by atoms with Gasteiger partial charge in [-0.3, -0.25) is 9.59 Å². The molecule has 3 aromatic rings. The predicted molar refractivity (Wildman–Crippen MR) is 116 cm³/mol. The number of anilines is 1. The minimum Gasteiger partial charge on any atom is -0.346 e. The average Bonchev–Trinajstić information content (AvgIpc) is 3.51. The van der Waals surface area contributed by atoms with Gasteiger partial charge in [-0.25, -0.2) is 4.98 Å². The van der Waals surface area contributed by atoms with Gasteiger partial charge in [0.2, 0.25) is 5.91 Å². The van der Waals surface area contributed by atoms with Crippen molar-refractivity contribution in [3.8, 4) is 11.1 Å². The summed E-state index contributed by atoms with van der Waals surface area (Å²) in [5.74, 6) is 2.81. The lowest BCUT2D eigenvalue weighted by Gasteiger charge is -2.26. The lowest BCUT2D eigenvalue weighted by atomic mass is 10.0. The summed E-state index contributed by atoms with van der Waals surface area (Å²) in [5, 5.41) is 3.92. The Balaban J connectivity index is 1.44. The molecular formula is C22H22N4O2S. The van der Waals surface area contributed by atoms with Gasteiger partial charge in [-0.15, -0.1) is 0 Å². The summed E-state index contributed by atoms with van der Waals surface area (Å²) in [7, 11) is 0. The number of aromatic nitrogens is 2. The number of carbonyl (C=O) groups is 2. The molecule has 0 atom stereocenters. The summed E-state index contributed by atoms with van der Waals surface area (Å²) in [4.78, 5) is 34.5. The van der Waals surface area contributed by atoms with Crippen LogP contribution < -0.4 is 5.32 Å². The first kappa shape index (κ1) is 18.2. The third-order valence-electron chi connectivity index (χ3n) is 5.47. The van der Waals surface area contributed by atoms with E-state index in [1.54, 1.807) is 0 Å². The monoisotopic (exact) mass is 406 g/mol. The third kappa shape index (κ3) is 3.74. The number of pyridine rings is 1. The topological polar surface area (TPSA) is 78.1 Å². The minimum atomic E-state index is 0.0370. The van der Waals surface area contributed by atoms with Crippen LogP contribution >= 0.6 is 11.8 Å². The summed E-state index contributed by atoms with van der Waals surface area (Å²) >= 11 is 1.89. The average molecular weight is 407 g/mol. The van der Waals surface area contributed by atoms with Gasteiger partial charge in [0.1, 0.15) is 11.5 Å². The highest BCUT2D eigenvalue weighted by molar-refractivity contribution is 7.99. The first-order valence-electron chi connectivity index (χ1n) is 9.95. The molecule has 1 saturated heterocycles. The van der Waals surface area contributed by atoms with E-state index in [0.29, 0.717) is 11.4 Å². The maximum absolute atomic E-state index is 12.7. The van der Waals surface area contributed by atoms with Crippen molar-refractivity contribution >= 4 is 40.4 Å². The summed E-state index contributed by atoms with van der Waals surface area (Å²) < 4.78 is 0. The molecule has 6 nitrogen and oxygen atoms in total. The highest BCUT2D eigenvalue weighted by atomic mass is 32.2. The second kappa shape index (κ2) is 7.55. The summed E-state index contributed by atoms with van der Waals surface area (Å²) in [6.07, 6.45) is 3.75. The molecule has 148 valence electrons. The molecule has 1 aliphatic heterocycles. The number of nitrogens with one attached hydrogen (secondary N) is 2. The summed E-state index contributed by atoms with van der Waals surface area (Å²) in [6, 6.07) is 11.6. The van der Waals surface area contributed by atoms with Crippen molar-refractivity contribution < 1.29 is 9.59 Å². The Labute approximate surface area is 173 Å². The van der Waals surface area contributed by atoms with Gasteiger partial charge in [-0.05, 0) is 48.2 Å². The van der Waals surface area contributed by atoms with Crippen LogP contribution in [0.15, 0.2) is 42.6 Å². The molecule has 0 unspecified atom stereocenters. The van der Waals surface area contributed by atoms with Gasteiger partial charge in [0.05, 0.1) is 0 Å². The minimum absolute atomic E-state index is 0.0370. The molecule has 1 saturated carbocycles. The number of hydrogen-bond acceptors (Lipinski definition) is 4. The van der Waals surface area contributed by atoms with Crippen molar-refractivity contribution in [3.05, 3.63) is 48.2 Å². The number of benzene rings is 1. The van der Waals surface area contributed by atoms with E-state index in [2.05, 4.69) is 15.3 Å². The second-order valence-corrected chi connectivity index (χ2v) is 8.77. The maximum atomic E-state index is 12.7. The lowest BCUT2D eigenvalue weighted by Crippen LogP contribution is -2.37. The predicted octanol–water partition coefficient (Wildman–Crippen LogP) is 3.77. The van der Waals surface area contributed by atoms with E-state index >= 15 is 0 Å². The van der Waals surface area contributed by atoms with E-state index in [1.807, 2.05) is 59.3 Å². The van der Waals surface area contributed by atoms with Crippen molar-refractivity contribution in [2.45, 2.75) is 12.8 Å². The zero-order valence-electron chi connectivity index (χ0n) is 16.0. The van der Waals surface area contributed by atoms with Gasteiger partial charge in [-0.2, -0.15) is 11.8 Å². The molecule has 2 amide bonds. The quantitative estimate of drug-likeness (QED) is 0.691. The van der Waals surface area contributed by atoms with Crippen LogP contribution in [0.1, 0.15) is 23.2 Å². The fourth-order valence-corrected chi connectivity index (χ4v) is 4.56. The van der Waals surface area contributed by atoms with E-state index in [4.69, 9.17) is 0 Å². The van der Waals surface area contributed by atoms with Crippen molar-refractivity contribution in [3.63, 3.8) is 0 Å². The van der Waals surface area contributed by atoms with Crippen molar-refractivity contribution in [1.82, 2.24) is 14.9 Å². The van der Waals surface area contributed by atoms with Crippen LogP contribution in [0.25, 0.3) is 22.2 Å². The molecule has 7 heteroatoms. The number of fused-ring (bicyclic) bond motifs is 1. The molecule has 5 rings (SSSR count). The maximum Gasteiger partial charge on any atom is 0.253 e. The van der Waals surface area contributed by atoms with E-state index in [0.717, 1.165) is 59.6 Å². The Kier molecular flexibility index (Phi) is 4.75. The Morgan fingerprint density at radius 1 is 1.10 bits per heavy atom. The van der Waals surface area contributed by atoms with Gasteiger partial charge >= 0.3 is 0 Å². The number of carbonyl (C=O) groups excluding carboxylic acids is 2. The fraction of sp³-hybridized carbons (Fsp3) is 0.318. The SMILES string of the molecule is O=C(Nc1cc(-c2ccc(C(=O)N3CCSCC3)cc2)c2cc[nH]c2n1)C1CC1. The molecule has 29 heavy (non-hydrogen) atoms. The molecule has 1 aliphatic carbocycles. The number of H-pyrrole nitrogens is 1. The Bertz CT molecular complexity index is 1070. The lowest BCUT2D eigenvalue weighted by molar-refractivity contribution is -0.117. The van der Waals surface area contributed by atoms with E-state index in [-0.39, 0.29) is 17.7 Å². The van der Waals surface area contributed by atoms with Crippen LogP contribution in [0.3, 0.4) is 0 Å². The highest BCUT2D eigenvalue weighted by Crippen LogP contribution is 2.33. The number of rotatable bonds is 4. The highest BCUT2D eigenvalue weighted by Gasteiger charge is 2.30. The molecule has 3 heterocycles. The molecule has 0 bridgehead atoms. The van der Waals surface area contributed by atoms with E-state index in [9.17, 15) is 9.59 Å². The first-order chi connectivity index (χ1) is 14.2. The van der Waals surface area contributed by atoms with Gasteiger partial charge in [0, 0.05) is 47.7 Å². The third-order valence-corrected chi connectivity index (χ3v) is 6.41. The fourth-order valence-electron chi connectivity index (χ4n) is 3.66. The van der Waals surface area contributed by atoms with Crippen LogP contribution in [0, 0.1) is 5.92 Å². The second-order valence-electron chi connectivity index (χ2n) is 7.54. The molecule has 2 fully saturated rings. The Hall–Kier alpha value is -2.80. The van der Waals surface area contributed by atoms with Gasteiger partial charge < -0.3 is 15.2 Å². The number of thioether (sulfide) groups is 1. The van der Waals surface area contributed by atoms with Crippen LogP contribution in [0.2, 0.25) is 0 Å². The normalized spacial score (nSPS) is 16.8. The van der Waals surface area contributed by atoms with Crippen LogP contribution in [-0.2, 0) is 4.79 Å². The van der Waals surface area contributed by atoms with Crippen LogP contribution in [0.5, 0.6) is 0 Å². The summed E-state index contributed by atoms with van der Waals surface area (Å²) in [5.41, 5.74) is 3.42. The molecule has 2 aromatic heterocycles. The Morgan fingerprint density at radius 3 is 2.59 bits per heavy atom. The smallest absolute Gasteiger partial charge is 0.253 e. The molecule has 2 N–H and O–H groups in total. The van der Waals surface area contributed by atoms with Crippen molar-refractivity contribution in [1.29, 1.82) is 0 Å². The van der Waals surface area contributed by atoms with Crippen molar-refractivity contribution in [2.24, 2.45) is 5.92 Å². The zero-order chi connectivity index (χ0) is 19.8. The molecule has 0 spiro atoms. The molecular weight excluding hydrogens is 384 g/mol. The standard InChI is InChI=1S/C22H22N4O2S/c27-21(15-3-4-15)25-19-13-18(17-7-8-23-20(17)24-19)14-1-5-16(6-2-14)22(28)26-9-11-29-12-10-26/h1-2,5-8,13,15H,3-4,9-12H2,(H2,23,24,25,27). The van der Waals surface area contributed by atoms with Gasteiger partial charge in [-0.1, -0.05) is 12.1 Å². The van der Waals surface area contributed by atoms with E-state index in [1.165, 1.54) is 0 Å². The van der Waals surface area contributed by atoms with Gasteiger partial charge in [0.25, 0.3) is 5.91 Å². The number of amides is 2. The zero-order valence-corrected chi connectivity index (χ0v) is 16.8. The van der Waals surface area contributed by atoms with Crippen molar-refractivity contribution in [2.75, 3.05) is 29.9 Å².